The third-order valence-corrected chi connectivity index (χ3v) is 4.59. The number of alkyl halides is 1. The number of nitrogens with zero attached hydrogens (tertiary/aromatic N) is 1. The number of hydrogen-bond donors (Lipinski definition) is 0. The Balaban J connectivity index is 2.01. The van der Waals surface area contributed by atoms with Crippen LogP contribution in [0, 0.1) is 11.3 Å². The van der Waals surface area contributed by atoms with E-state index in [2.05, 4.69) is 13.8 Å². The van der Waals surface area contributed by atoms with Gasteiger partial charge in [-0.25, -0.2) is 0 Å². The van der Waals surface area contributed by atoms with Gasteiger partial charge in [0, 0.05) is 19.0 Å². The Bertz CT molecular complexity index is 277. The second-order valence-corrected chi connectivity index (χ2v) is 6.57. The Labute approximate surface area is 103 Å². The van der Waals surface area contributed by atoms with Crippen molar-refractivity contribution in [2.24, 2.45) is 11.3 Å². The van der Waals surface area contributed by atoms with Gasteiger partial charge in [0.1, 0.15) is 0 Å². The van der Waals surface area contributed by atoms with Gasteiger partial charge in [0.15, 0.2) is 0 Å². The van der Waals surface area contributed by atoms with E-state index >= 15 is 0 Å². The average Bonchev–Trinajstić information content (AvgIpc) is 2.57. The average molecular weight is 244 g/mol. The summed E-state index contributed by atoms with van der Waals surface area (Å²) in [5.41, 5.74) is 0.191. The lowest BCUT2D eigenvalue weighted by molar-refractivity contribution is -0.139. The number of carbonyl (C=O) groups is 1. The van der Waals surface area contributed by atoms with Crippen LogP contribution in [-0.4, -0.2) is 29.3 Å². The quantitative estimate of drug-likeness (QED) is 0.649. The number of likely N-dealkylation sites (tertiary alicyclic amines) is 1. The fourth-order valence-electron chi connectivity index (χ4n) is 3.13. The Morgan fingerprint density at radius 1 is 1.31 bits per heavy atom. The predicted molar refractivity (Wildman–Crippen MR) is 66.6 cm³/mol. The van der Waals surface area contributed by atoms with E-state index < -0.39 is 0 Å². The maximum atomic E-state index is 12.4. The van der Waals surface area contributed by atoms with Crippen molar-refractivity contribution in [3.05, 3.63) is 0 Å². The molecule has 0 aromatic heterocycles. The van der Waals surface area contributed by atoms with E-state index in [1.807, 2.05) is 4.90 Å². The van der Waals surface area contributed by atoms with Crippen LogP contribution >= 0.6 is 11.6 Å². The minimum absolute atomic E-state index is 0.169. The third-order valence-electron chi connectivity index (χ3n) is 4.23. The first-order chi connectivity index (χ1) is 7.50. The lowest BCUT2D eigenvalue weighted by atomic mass is 9.81. The highest BCUT2D eigenvalue weighted by atomic mass is 35.5. The zero-order valence-corrected chi connectivity index (χ0v) is 11.1. The molecule has 1 saturated carbocycles. The molecule has 0 N–H and O–H groups in total. The van der Waals surface area contributed by atoms with Gasteiger partial charge in [-0.15, -0.1) is 11.6 Å². The first-order valence-electron chi connectivity index (χ1n) is 6.43. The summed E-state index contributed by atoms with van der Waals surface area (Å²) in [6.45, 7) is 6.12. The van der Waals surface area contributed by atoms with Gasteiger partial charge in [-0.1, -0.05) is 20.3 Å². The van der Waals surface area contributed by atoms with Crippen LogP contribution in [-0.2, 0) is 4.79 Å². The second kappa shape index (κ2) is 4.56. The highest BCUT2D eigenvalue weighted by molar-refractivity contribution is 6.20. The standard InChI is InChI=1S/C13H22ClNO/c1-13(2)7-3-6-11(13)12(16)15-8-4-5-10(14)9-15/h10-11H,3-9H2,1-2H3. The summed E-state index contributed by atoms with van der Waals surface area (Å²) < 4.78 is 0. The lowest BCUT2D eigenvalue weighted by Crippen LogP contribution is -2.45. The van der Waals surface area contributed by atoms with E-state index in [0.29, 0.717) is 5.91 Å². The third kappa shape index (κ3) is 2.37. The minimum atomic E-state index is 0.169. The lowest BCUT2D eigenvalue weighted by Gasteiger charge is -2.35. The smallest absolute Gasteiger partial charge is 0.226 e. The van der Waals surface area contributed by atoms with Crippen molar-refractivity contribution >= 4 is 17.5 Å². The van der Waals surface area contributed by atoms with E-state index in [4.69, 9.17) is 11.6 Å². The summed E-state index contributed by atoms with van der Waals surface area (Å²) in [6, 6.07) is 0. The molecule has 16 heavy (non-hydrogen) atoms. The largest absolute Gasteiger partial charge is 0.341 e. The fraction of sp³-hybridized carbons (Fsp3) is 0.923. The monoisotopic (exact) mass is 243 g/mol. The summed E-state index contributed by atoms with van der Waals surface area (Å²) in [6.07, 6.45) is 5.56. The van der Waals surface area contributed by atoms with Crippen molar-refractivity contribution in [1.29, 1.82) is 0 Å². The maximum Gasteiger partial charge on any atom is 0.226 e. The van der Waals surface area contributed by atoms with E-state index in [-0.39, 0.29) is 16.7 Å². The molecule has 0 spiro atoms. The van der Waals surface area contributed by atoms with E-state index in [0.717, 1.165) is 32.4 Å². The Hall–Kier alpha value is -0.240. The first-order valence-corrected chi connectivity index (χ1v) is 6.87. The maximum absolute atomic E-state index is 12.4. The van der Waals surface area contributed by atoms with Crippen LogP contribution < -0.4 is 0 Å². The van der Waals surface area contributed by atoms with Crippen molar-refractivity contribution in [1.82, 2.24) is 4.90 Å². The topological polar surface area (TPSA) is 20.3 Å². The molecule has 2 fully saturated rings. The molecule has 1 saturated heterocycles. The van der Waals surface area contributed by atoms with Gasteiger partial charge in [0.2, 0.25) is 5.91 Å². The molecule has 3 heteroatoms. The molecule has 0 aromatic rings. The van der Waals surface area contributed by atoms with Crippen molar-refractivity contribution < 1.29 is 4.79 Å². The van der Waals surface area contributed by atoms with Gasteiger partial charge >= 0.3 is 0 Å². The molecule has 0 bridgehead atoms. The second-order valence-electron chi connectivity index (χ2n) is 5.96. The molecule has 2 atom stereocenters. The molecule has 2 nitrogen and oxygen atoms in total. The summed E-state index contributed by atoms with van der Waals surface area (Å²) in [5, 5.41) is 0.169. The summed E-state index contributed by atoms with van der Waals surface area (Å²) in [4.78, 5) is 14.4. The summed E-state index contributed by atoms with van der Waals surface area (Å²) in [7, 11) is 0. The van der Waals surface area contributed by atoms with Gasteiger partial charge in [-0.05, 0) is 31.1 Å². The molecule has 1 amide bonds. The van der Waals surface area contributed by atoms with E-state index in [1.54, 1.807) is 0 Å². The minimum Gasteiger partial charge on any atom is -0.341 e. The van der Waals surface area contributed by atoms with Crippen LogP contribution in [0.2, 0.25) is 0 Å². The number of rotatable bonds is 1. The van der Waals surface area contributed by atoms with Crippen LogP contribution in [0.1, 0.15) is 46.0 Å². The van der Waals surface area contributed by atoms with Crippen molar-refractivity contribution in [3.63, 3.8) is 0 Å². The molecule has 1 aliphatic carbocycles. The highest BCUT2D eigenvalue weighted by Gasteiger charge is 2.41. The molecular weight excluding hydrogens is 222 g/mol. The summed E-state index contributed by atoms with van der Waals surface area (Å²) >= 11 is 6.14. The van der Waals surface area contributed by atoms with Gasteiger partial charge in [0.05, 0.1) is 5.38 Å². The Morgan fingerprint density at radius 2 is 2.06 bits per heavy atom. The normalized spacial score (nSPS) is 34.1. The van der Waals surface area contributed by atoms with Crippen molar-refractivity contribution in [2.45, 2.75) is 51.3 Å². The zero-order chi connectivity index (χ0) is 11.8. The van der Waals surface area contributed by atoms with Crippen molar-refractivity contribution in [2.75, 3.05) is 13.1 Å². The number of piperidine rings is 1. The number of halogens is 1. The van der Waals surface area contributed by atoms with Crippen molar-refractivity contribution in [3.8, 4) is 0 Å². The van der Waals surface area contributed by atoms with Crippen LogP contribution in [0.5, 0.6) is 0 Å². The number of amides is 1. The molecule has 2 aliphatic rings. The van der Waals surface area contributed by atoms with Crippen LogP contribution in [0.25, 0.3) is 0 Å². The Kier molecular flexibility index (Phi) is 3.48. The molecule has 0 aromatic carbocycles. The molecule has 1 heterocycles. The SMILES string of the molecule is CC1(C)CCCC1C(=O)N1CCCC(Cl)C1. The van der Waals surface area contributed by atoms with E-state index in [9.17, 15) is 4.79 Å². The number of hydrogen-bond acceptors (Lipinski definition) is 1. The molecule has 0 radical (unpaired) electrons. The number of carbonyl (C=O) groups excluding carboxylic acids is 1. The van der Waals surface area contributed by atoms with Crippen LogP contribution in [0.3, 0.4) is 0 Å². The fourth-order valence-corrected chi connectivity index (χ4v) is 3.45. The molecule has 92 valence electrons. The van der Waals surface area contributed by atoms with Gasteiger partial charge < -0.3 is 4.90 Å². The van der Waals surface area contributed by atoms with Gasteiger partial charge in [-0.2, -0.15) is 0 Å². The Morgan fingerprint density at radius 3 is 2.62 bits per heavy atom. The first kappa shape index (κ1) is 12.2. The highest BCUT2D eigenvalue weighted by Crippen LogP contribution is 2.43. The molecular formula is C13H22ClNO. The molecule has 2 rings (SSSR count). The predicted octanol–water partition coefficient (Wildman–Crippen LogP) is 3.04. The van der Waals surface area contributed by atoms with Gasteiger partial charge in [-0.3, -0.25) is 4.79 Å². The van der Waals surface area contributed by atoms with Crippen LogP contribution in [0.4, 0.5) is 0 Å². The zero-order valence-electron chi connectivity index (χ0n) is 10.3. The summed E-state index contributed by atoms with van der Waals surface area (Å²) in [5.74, 6) is 0.585. The van der Waals surface area contributed by atoms with E-state index in [1.165, 1.54) is 12.8 Å². The molecule has 2 unspecified atom stereocenters. The van der Waals surface area contributed by atoms with Gasteiger partial charge in [0.25, 0.3) is 0 Å². The molecule has 1 aliphatic heterocycles. The van der Waals surface area contributed by atoms with Crippen LogP contribution in [0.15, 0.2) is 0 Å².